The number of rotatable bonds is 5. The zero-order valence-electron chi connectivity index (χ0n) is 14.7. The second-order valence-electron chi connectivity index (χ2n) is 6.08. The van der Waals surface area contributed by atoms with Gasteiger partial charge in [-0.05, 0) is 30.7 Å². The number of alkyl halides is 6. The Morgan fingerprint density at radius 2 is 1.39 bits per heavy atom. The van der Waals surface area contributed by atoms with Crippen molar-refractivity contribution in [2.24, 2.45) is 0 Å². The summed E-state index contributed by atoms with van der Waals surface area (Å²) >= 11 is 0. The van der Waals surface area contributed by atoms with E-state index in [-0.39, 0.29) is 12.2 Å². The second-order valence-corrected chi connectivity index (χ2v) is 6.08. The molecule has 0 heterocycles. The maximum absolute atomic E-state index is 13.0. The number of hydrogen-bond donors (Lipinski definition) is 1. The fourth-order valence-corrected chi connectivity index (χ4v) is 2.68. The van der Waals surface area contributed by atoms with E-state index in [0.717, 1.165) is 12.1 Å². The highest BCUT2D eigenvalue weighted by Crippen LogP contribution is 2.50. The van der Waals surface area contributed by atoms with Crippen LogP contribution in [-0.4, -0.2) is 29.9 Å². The molecule has 0 aromatic heterocycles. The molecule has 0 fully saturated rings. The van der Waals surface area contributed by atoms with Gasteiger partial charge in [-0.1, -0.05) is 37.3 Å². The van der Waals surface area contributed by atoms with Crippen LogP contribution in [-0.2, 0) is 5.60 Å². The molecule has 0 radical (unpaired) electrons. The Kier molecular flexibility index (Phi) is 6.08. The molecular weight excluding hydrogens is 388 g/mol. The Morgan fingerprint density at radius 3 is 1.82 bits per heavy atom. The second kappa shape index (κ2) is 7.83. The number of carbonyl (C=O) groups is 1. The molecule has 9 heteroatoms. The van der Waals surface area contributed by atoms with E-state index in [1.54, 1.807) is 37.3 Å². The Hall–Kier alpha value is -2.55. The summed E-state index contributed by atoms with van der Waals surface area (Å²) in [6.45, 7) is 1.97. The summed E-state index contributed by atoms with van der Waals surface area (Å²) in [6, 6.07) is 11.0. The summed E-state index contributed by atoms with van der Waals surface area (Å²) in [7, 11) is 0. The van der Waals surface area contributed by atoms with Crippen molar-refractivity contribution < 1.29 is 36.2 Å². The van der Waals surface area contributed by atoms with Crippen LogP contribution in [0, 0.1) is 0 Å². The fraction of sp³-hybridized carbons (Fsp3) is 0.316. The molecule has 1 N–H and O–H groups in total. The van der Waals surface area contributed by atoms with E-state index in [1.165, 1.54) is 4.90 Å². The predicted molar refractivity (Wildman–Crippen MR) is 90.9 cm³/mol. The number of benzene rings is 2. The first kappa shape index (κ1) is 21.7. The third kappa shape index (κ3) is 3.99. The molecule has 0 bridgehead atoms. The molecule has 2 aromatic rings. The zero-order chi connectivity index (χ0) is 21.2. The number of halogens is 6. The van der Waals surface area contributed by atoms with Crippen LogP contribution >= 0.6 is 0 Å². The van der Waals surface area contributed by atoms with Crippen molar-refractivity contribution in [3.63, 3.8) is 0 Å². The van der Waals surface area contributed by atoms with Gasteiger partial charge < -0.3 is 10.0 Å². The minimum atomic E-state index is -5.96. The third-order valence-electron chi connectivity index (χ3n) is 4.13. The van der Waals surface area contributed by atoms with Crippen LogP contribution in [0.1, 0.15) is 29.3 Å². The first-order chi connectivity index (χ1) is 12.9. The molecule has 2 aromatic carbocycles. The smallest absolute Gasteiger partial charge is 0.369 e. The molecule has 0 aliphatic heterocycles. The van der Waals surface area contributed by atoms with Gasteiger partial charge in [0.1, 0.15) is 0 Å². The van der Waals surface area contributed by atoms with Crippen molar-refractivity contribution in [3.8, 4) is 0 Å². The molecule has 2 rings (SSSR count). The van der Waals surface area contributed by atoms with Crippen molar-refractivity contribution in [1.29, 1.82) is 0 Å². The van der Waals surface area contributed by atoms with Crippen LogP contribution in [0.5, 0.6) is 0 Å². The average molecular weight is 405 g/mol. The van der Waals surface area contributed by atoms with Crippen molar-refractivity contribution in [3.05, 3.63) is 65.7 Å². The minimum absolute atomic E-state index is 0.117. The van der Waals surface area contributed by atoms with Gasteiger partial charge in [-0.3, -0.25) is 4.79 Å². The van der Waals surface area contributed by atoms with E-state index in [2.05, 4.69) is 0 Å². The van der Waals surface area contributed by atoms with Gasteiger partial charge in [0, 0.05) is 23.4 Å². The molecule has 1 amide bonds. The number of hydrogen-bond acceptors (Lipinski definition) is 2. The molecule has 0 saturated heterocycles. The van der Waals surface area contributed by atoms with E-state index >= 15 is 0 Å². The molecular formula is C19H17F6NO2. The summed E-state index contributed by atoms with van der Waals surface area (Å²) in [5, 5.41) is 9.45. The topological polar surface area (TPSA) is 40.5 Å². The van der Waals surface area contributed by atoms with E-state index in [9.17, 15) is 36.2 Å². The first-order valence-electron chi connectivity index (χ1n) is 8.26. The summed E-state index contributed by atoms with van der Waals surface area (Å²) in [5.74, 6) is -0.447. The largest absolute Gasteiger partial charge is 0.430 e. The van der Waals surface area contributed by atoms with Crippen LogP contribution in [0.3, 0.4) is 0 Å². The van der Waals surface area contributed by atoms with Crippen molar-refractivity contribution >= 4 is 11.6 Å². The summed E-state index contributed by atoms with van der Waals surface area (Å²) in [5.41, 5.74) is -5.94. The highest BCUT2D eigenvalue weighted by Gasteiger charge is 2.71. The molecule has 0 aliphatic rings. The lowest BCUT2D eigenvalue weighted by molar-refractivity contribution is -0.376. The Morgan fingerprint density at radius 1 is 0.893 bits per heavy atom. The van der Waals surface area contributed by atoms with Crippen molar-refractivity contribution in [2.45, 2.75) is 31.3 Å². The molecule has 0 spiro atoms. The first-order valence-corrected chi connectivity index (χ1v) is 8.26. The molecule has 28 heavy (non-hydrogen) atoms. The van der Waals surface area contributed by atoms with Crippen LogP contribution in [0.4, 0.5) is 32.0 Å². The van der Waals surface area contributed by atoms with Crippen molar-refractivity contribution in [1.82, 2.24) is 0 Å². The van der Waals surface area contributed by atoms with Gasteiger partial charge in [0.2, 0.25) is 0 Å². The highest BCUT2D eigenvalue weighted by molar-refractivity contribution is 6.06. The molecule has 0 atom stereocenters. The van der Waals surface area contributed by atoms with Gasteiger partial charge in [0.05, 0.1) is 0 Å². The molecule has 0 unspecified atom stereocenters. The lowest BCUT2D eigenvalue weighted by Gasteiger charge is -2.33. The Bertz CT molecular complexity index is 786. The van der Waals surface area contributed by atoms with Gasteiger partial charge in [-0.15, -0.1) is 0 Å². The zero-order valence-corrected chi connectivity index (χ0v) is 14.7. The van der Waals surface area contributed by atoms with E-state index < -0.39 is 29.4 Å². The molecule has 0 saturated carbocycles. The third-order valence-corrected chi connectivity index (χ3v) is 4.13. The maximum atomic E-state index is 13.0. The van der Waals surface area contributed by atoms with Crippen LogP contribution in [0.25, 0.3) is 0 Å². The SMILES string of the molecule is CCCN(C(=O)c1ccccc1)c1ccc(C(O)(C(F)(F)F)C(F)(F)F)cc1. The van der Waals surface area contributed by atoms with Crippen LogP contribution < -0.4 is 4.90 Å². The quantitative estimate of drug-likeness (QED) is 0.707. The summed E-state index contributed by atoms with van der Waals surface area (Å²) < 4.78 is 77.9. The lowest BCUT2D eigenvalue weighted by atomic mass is 9.92. The van der Waals surface area contributed by atoms with Gasteiger partial charge in [0.25, 0.3) is 11.5 Å². The lowest BCUT2D eigenvalue weighted by Crippen LogP contribution is -2.53. The summed E-state index contributed by atoms with van der Waals surface area (Å²) in [6.07, 6.45) is -11.4. The minimum Gasteiger partial charge on any atom is -0.369 e. The van der Waals surface area contributed by atoms with Gasteiger partial charge in [0.15, 0.2) is 0 Å². The number of nitrogens with zero attached hydrogens (tertiary/aromatic N) is 1. The van der Waals surface area contributed by atoms with E-state index in [1.807, 2.05) is 0 Å². The Labute approximate surface area is 157 Å². The molecule has 0 aliphatic carbocycles. The predicted octanol–water partition coefficient (Wildman–Crippen LogP) is 5.06. The van der Waals surface area contributed by atoms with Crippen LogP contribution in [0.2, 0.25) is 0 Å². The number of carbonyl (C=O) groups excluding carboxylic acids is 1. The Balaban J connectivity index is 2.44. The van der Waals surface area contributed by atoms with Gasteiger partial charge >= 0.3 is 12.4 Å². The number of anilines is 1. The van der Waals surface area contributed by atoms with Crippen LogP contribution in [0.15, 0.2) is 54.6 Å². The number of amides is 1. The van der Waals surface area contributed by atoms with E-state index in [4.69, 9.17) is 0 Å². The van der Waals surface area contributed by atoms with Gasteiger partial charge in [-0.25, -0.2) is 0 Å². The number of aliphatic hydroxyl groups is 1. The molecule has 152 valence electrons. The molecule has 3 nitrogen and oxygen atoms in total. The highest BCUT2D eigenvalue weighted by atomic mass is 19.4. The van der Waals surface area contributed by atoms with Crippen molar-refractivity contribution in [2.75, 3.05) is 11.4 Å². The van der Waals surface area contributed by atoms with E-state index in [0.29, 0.717) is 24.1 Å². The van der Waals surface area contributed by atoms with Gasteiger partial charge in [-0.2, -0.15) is 26.3 Å². The normalized spacial score (nSPS) is 12.7. The summed E-state index contributed by atoms with van der Waals surface area (Å²) in [4.78, 5) is 13.9. The standard InChI is InChI=1S/C19H17F6NO2/c1-2-12-26(16(27)13-6-4-3-5-7-13)15-10-8-14(9-11-15)17(28,18(20,21)22)19(23,24)25/h3-11,28H,2,12H2,1H3. The maximum Gasteiger partial charge on any atom is 0.430 e. The monoisotopic (exact) mass is 405 g/mol. The average Bonchev–Trinajstić information content (AvgIpc) is 2.64. The fourth-order valence-electron chi connectivity index (χ4n) is 2.68.